The normalized spacial score (nSPS) is 14.5. The summed E-state index contributed by atoms with van der Waals surface area (Å²) < 4.78 is 15.7. The van der Waals surface area contributed by atoms with E-state index in [-0.39, 0.29) is 22.8 Å². The molecule has 1 aliphatic rings. The molecule has 0 radical (unpaired) electrons. The monoisotopic (exact) mass is 302 g/mol. The van der Waals surface area contributed by atoms with E-state index in [1.165, 1.54) is 18.2 Å². The van der Waals surface area contributed by atoms with Gasteiger partial charge in [0.05, 0.1) is 5.52 Å². The van der Waals surface area contributed by atoms with Crippen LogP contribution >= 0.6 is 0 Å². The van der Waals surface area contributed by atoms with Gasteiger partial charge in [-0.2, -0.15) is 4.99 Å². The summed E-state index contributed by atoms with van der Waals surface area (Å²) >= 11 is 0. The minimum absolute atomic E-state index is 0.0510. The largest absolute Gasteiger partial charge is 0.370 e. The summed E-state index contributed by atoms with van der Waals surface area (Å²) in [7, 11) is 0. The van der Waals surface area contributed by atoms with Gasteiger partial charge in [0.2, 0.25) is 0 Å². The lowest BCUT2D eigenvalue weighted by Gasteiger charge is -2.14. The van der Waals surface area contributed by atoms with E-state index in [1.807, 2.05) is 0 Å². The van der Waals surface area contributed by atoms with E-state index in [2.05, 4.69) is 4.99 Å². The summed E-state index contributed by atoms with van der Waals surface area (Å²) in [4.78, 5) is 27.9. The molecule has 22 heavy (non-hydrogen) atoms. The molecule has 114 valence electrons. The van der Waals surface area contributed by atoms with Gasteiger partial charge in [0, 0.05) is 23.9 Å². The van der Waals surface area contributed by atoms with Gasteiger partial charge in [0.15, 0.2) is 11.7 Å². The van der Waals surface area contributed by atoms with Gasteiger partial charge in [0.1, 0.15) is 11.5 Å². The van der Waals surface area contributed by atoms with Crippen LogP contribution in [0.15, 0.2) is 23.2 Å². The predicted molar refractivity (Wildman–Crippen MR) is 80.2 cm³/mol. The standard InChI is InChI=1S/C15H15FN4O2/c16-10-5-4-8-12(21)3-1-2-6-20-11(7-9(10)13(8)20)14(22)19-15(17)18/h4-5,7H,1-3,6H2,(H4,17,18,19,22). The van der Waals surface area contributed by atoms with Gasteiger partial charge < -0.3 is 16.0 Å². The molecule has 6 nitrogen and oxygen atoms in total. The number of aryl methyl sites for hydroxylation is 1. The maximum atomic E-state index is 14.1. The molecule has 2 aromatic rings. The molecule has 1 amide bonds. The SMILES string of the molecule is NC(N)=NC(=O)c1cc2c(F)ccc3c2n1CCCCC3=O. The number of carbonyl (C=O) groups excluding carboxylic acids is 2. The van der Waals surface area contributed by atoms with E-state index in [9.17, 15) is 14.0 Å². The summed E-state index contributed by atoms with van der Waals surface area (Å²) in [5.74, 6) is -1.53. The Labute approximate surface area is 125 Å². The average molecular weight is 302 g/mol. The number of nitrogens with zero attached hydrogens (tertiary/aromatic N) is 2. The van der Waals surface area contributed by atoms with Crippen LogP contribution in [-0.4, -0.2) is 22.2 Å². The van der Waals surface area contributed by atoms with Crippen molar-refractivity contribution in [3.05, 3.63) is 35.3 Å². The van der Waals surface area contributed by atoms with Gasteiger partial charge in [-0.15, -0.1) is 0 Å². The Morgan fingerprint density at radius 1 is 1.27 bits per heavy atom. The number of hydrogen-bond donors (Lipinski definition) is 2. The van der Waals surface area contributed by atoms with Crippen molar-refractivity contribution < 1.29 is 14.0 Å². The highest BCUT2D eigenvalue weighted by Gasteiger charge is 2.23. The summed E-state index contributed by atoms with van der Waals surface area (Å²) in [6.07, 6.45) is 1.85. The van der Waals surface area contributed by atoms with Crippen molar-refractivity contribution in [2.24, 2.45) is 16.5 Å². The first-order chi connectivity index (χ1) is 10.5. The molecule has 1 aliphatic heterocycles. The molecule has 0 aliphatic carbocycles. The summed E-state index contributed by atoms with van der Waals surface area (Å²) in [5, 5.41) is 0.238. The fourth-order valence-electron chi connectivity index (χ4n) is 2.85. The zero-order valence-electron chi connectivity index (χ0n) is 11.8. The third-order valence-electron chi connectivity index (χ3n) is 3.79. The van der Waals surface area contributed by atoms with Crippen LogP contribution in [0.4, 0.5) is 4.39 Å². The van der Waals surface area contributed by atoms with Crippen LogP contribution in [0.3, 0.4) is 0 Å². The number of nitrogens with two attached hydrogens (primary N) is 2. The number of carbonyl (C=O) groups is 2. The lowest BCUT2D eigenvalue weighted by atomic mass is 10.0. The van der Waals surface area contributed by atoms with Crippen molar-refractivity contribution >= 4 is 28.6 Å². The first-order valence-electron chi connectivity index (χ1n) is 6.98. The number of aliphatic imine (C=N–C) groups is 1. The van der Waals surface area contributed by atoms with E-state index in [0.717, 1.165) is 0 Å². The molecule has 0 atom stereocenters. The number of hydrogen-bond acceptors (Lipinski definition) is 2. The van der Waals surface area contributed by atoms with Crippen molar-refractivity contribution in [2.45, 2.75) is 25.8 Å². The van der Waals surface area contributed by atoms with Gasteiger partial charge in [0.25, 0.3) is 5.91 Å². The highest BCUT2D eigenvalue weighted by Crippen LogP contribution is 2.30. The molecule has 1 aromatic heterocycles. The molecule has 0 bridgehead atoms. The minimum atomic E-state index is -0.644. The number of benzene rings is 1. The van der Waals surface area contributed by atoms with Crippen LogP contribution < -0.4 is 11.5 Å². The Morgan fingerprint density at radius 2 is 2.05 bits per heavy atom. The third-order valence-corrected chi connectivity index (χ3v) is 3.79. The third kappa shape index (κ3) is 2.24. The van der Waals surface area contributed by atoms with Crippen molar-refractivity contribution in [1.29, 1.82) is 0 Å². The highest BCUT2D eigenvalue weighted by atomic mass is 19.1. The average Bonchev–Trinajstić information content (AvgIpc) is 2.81. The lowest BCUT2D eigenvalue weighted by Crippen LogP contribution is -2.25. The second-order valence-electron chi connectivity index (χ2n) is 5.26. The summed E-state index contributed by atoms with van der Waals surface area (Å²) in [5.41, 5.74) is 11.5. The maximum Gasteiger partial charge on any atom is 0.296 e. The van der Waals surface area contributed by atoms with Crippen molar-refractivity contribution in [3.63, 3.8) is 0 Å². The fourth-order valence-corrected chi connectivity index (χ4v) is 2.85. The minimum Gasteiger partial charge on any atom is -0.370 e. The zero-order valence-corrected chi connectivity index (χ0v) is 11.8. The van der Waals surface area contributed by atoms with Gasteiger partial charge >= 0.3 is 0 Å². The Morgan fingerprint density at radius 3 is 2.77 bits per heavy atom. The second kappa shape index (κ2) is 5.25. The van der Waals surface area contributed by atoms with E-state index in [1.54, 1.807) is 4.57 Å². The number of guanidine groups is 1. The number of amides is 1. The Kier molecular flexibility index (Phi) is 3.40. The molecule has 0 spiro atoms. The van der Waals surface area contributed by atoms with Crippen LogP contribution in [0.1, 0.15) is 40.1 Å². The molecule has 7 heteroatoms. The number of rotatable bonds is 1. The number of ketones is 1. The topological polar surface area (TPSA) is 103 Å². The van der Waals surface area contributed by atoms with E-state index in [0.29, 0.717) is 36.9 Å². The van der Waals surface area contributed by atoms with Gasteiger partial charge in [-0.3, -0.25) is 9.59 Å². The zero-order chi connectivity index (χ0) is 15.9. The first-order valence-corrected chi connectivity index (χ1v) is 6.98. The Bertz CT molecular complexity index is 819. The Hall–Kier alpha value is -2.70. The van der Waals surface area contributed by atoms with Gasteiger partial charge in [-0.05, 0) is 31.0 Å². The summed E-state index contributed by atoms with van der Waals surface area (Å²) in [6, 6.07) is 4.12. The van der Waals surface area contributed by atoms with Crippen LogP contribution in [0.25, 0.3) is 10.9 Å². The fraction of sp³-hybridized carbons (Fsp3) is 0.267. The number of halogens is 1. The number of aromatic nitrogens is 1. The van der Waals surface area contributed by atoms with Crippen LogP contribution in [-0.2, 0) is 6.54 Å². The molecular weight excluding hydrogens is 287 g/mol. The predicted octanol–water partition coefficient (Wildman–Crippen LogP) is 1.56. The van der Waals surface area contributed by atoms with Gasteiger partial charge in [-0.25, -0.2) is 4.39 Å². The highest BCUT2D eigenvalue weighted by molar-refractivity contribution is 6.10. The molecule has 0 saturated heterocycles. The van der Waals surface area contributed by atoms with Crippen molar-refractivity contribution in [2.75, 3.05) is 0 Å². The van der Waals surface area contributed by atoms with Gasteiger partial charge in [-0.1, -0.05) is 0 Å². The van der Waals surface area contributed by atoms with Crippen molar-refractivity contribution in [3.8, 4) is 0 Å². The molecular formula is C15H15FN4O2. The maximum absolute atomic E-state index is 14.1. The quantitative estimate of drug-likeness (QED) is 0.616. The lowest BCUT2D eigenvalue weighted by molar-refractivity contribution is 0.0969. The molecule has 1 aromatic carbocycles. The first kappa shape index (κ1) is 14.2. The van der Waals surface area contributed by atoms with E-state index >= 15 is 0 Å². The molecule has 0 saturated carbocycles. The van der Waals surface area contributed by atoms with E-state index in [4.69, 9.17) is 11.5 Å². The van der Waals surface area contributed by atoms with Crippen LogP contribution in [0.5, 0.6) is 0 Å². The molecule has 3 rings (SSSR count). The second-order valence-corrected chi connectivity index (χ2v) is 5.26. The Balaban J connectivity index is 2.33. The molecule has 4 N–H and O–H groups in total. The number of Topliss-reactive ketones (excluding diaryl/α,β-unsaturated/α-hetero) is 1. The molecule has 2 heterocycles. The smallest absolute Gasteiger partial charge is 0.296 e. The molecule has 0 unspecified atom stereocenters. The van der Waals surface area contributed by atoms with E-state index < -0.39 is 11.7 Å². The summed E-state index contributed by atoms with van der Waals surface area (Å²) in [6.45, 7) is 0.508. The van der Waals surface area contributed by atoms with Crippen LogP contribution in [0, 0.1) is 5.82 Å². The van der Waals surface area contributed by atoms with Crippen molar-refractivity contribution in [1.82, 2.24) is 4.57 Å². The van der Waals surface area contributed by atoms with Crippen LogP contribution in [0.2, 0.25) is 0 Å². The molecule has 0 fully saturated rings.